The van der Waals surface area contributed by atoms with Crippen LogP contribution in [0.25, 0.3) is 0 Å². The summed E-state index contributed by atoms with van der Waals surface area (Å²) in [5.41, 5.74) is -0.00541. The van der Waals surface area contributed by atoms with Crippen LogP contribution in [0, 0.1) is 0 Å². The van der Waals surface area contributed by atoms with E-state index >= 15 is 0 Å². The SMILES string of the molecule is CN(Cc1ccccc1Br)C(=O)CN1C(=O)NC(C)(C)C1=O. The molecule has 1 aliphatic heterocycles. The lowest BCUT2D eigenvalue weighted by atomic mass is 10.1. The lowest BCUT2D eigenvalue weighted by molar-refractivity contribution is -0.138. The first-order chi connectivity index (χ1) is 10.2. The Hall–Kier alpha value is -1.89. The van der Waals surface area contributed by atoms with Gasteiger partial charge in [0.25, 0.3) is 5.91 Å². The normalized spacial score (nSPS) is 16.6. The predicted octanol–water partition coefficient (Wildman–Crippen LogP) is 1.74. The predicted molar refractivity (Wildman–Crippen MR) is 84.9 cm³/mol. The van der Waals surface area contributed by atoms with Gasteiger partial charge in [0, 0.05) is 18.1 Å². The number of likely N-dealkylation sites (N-methyl/N-ethyl adjacent to an activating group) is 1. The summed E-state index contributed by atoms with van der Waals surface area (Å²) in [4.78, 5) is 38.6. The zero-order valence-electron chi connectivity index (χ0n) is 12.7. The van der Waals surface area contributed by atoms with Crippen molar-refractivity contribution in [3.8, 4) is 0 Å². The van der Waals surface area contributed by atoms with E-state index in [0.717, 1.165) is 14.9 Å². The first-order valence-electron chi connectivity index (χ1n) is 6.84. The van der Waals surface area contributed by atoms with Gasteiger partial charge in [-0.3, -0.25) is 14.5 Å². The number of rotatable bonds is 4. The Bertz CT molecular complexity index is 630. The summed E-state index contributed by atoms with van der Waals surface area (Å²) >= 11 is 3.43. The molecule has 1 N–H and O–H groups in total. The molecule has 0 atom stereocenters. The zero-order chi connectivity index (χ0) is 16.5. The number of benzene rings is 1. The highest BCUT2D eigenvalue weighted by Crippen LogP contribution is 2.19. The summed E-state index contributed by atoms with van der Waals surface area (Å²) in [6.45, 7) is 3.37. The summed E-state index contributed by atoms with van der Waals surface area (Å²) in [5, 5.41) is 2.56. The van der Waals surface area contributed by atoms with Crippen LogP contribution in [0.4, 0.5) is 4.79 Å². The van der Waals surface area contributed by atoms with E-state index < -0.39 is 11.6 Å². The van der Waals surface area contributed by atoms with E-state index in [1.807, 2.05) is 24.3 Å². The molecule has 1 aromatic rings. The smallest absolute Gasteiger partial charge is 0.325 e. The molecule has 4 amide bonds. The van der Waals surface area contributed by atoms with Crippen molar-refractivity contribution in [1.82, 2.24) is 15.1 Å². The van der Waals surface area contributed by atoms with E-state index in [4.69, 9.17) is 0 Å². The van der Waals surface area contributed by atoms with Gasteiger partial charge in [-0.2, -0.15) is 0 Å². The molecule has 0 radical (unpaired) electrons. The molecule has 1 fully saturated rings. The van der Waals surface area contributed by atoms with E-state index in [2.05, 4.69) is 21.2 Å². The van der Waals surface area contributed by atoms with Gasteiger partial charge in [0.1, 0.15) is 12.1 Å². The fraction of sp³-hybridized carbons (Fsp3) is 0.400. The molecule has 22 heavy (non-hydrogen) atoms. The highest BCUT2D eigenvalue weighted by atomic mass is 79.9. The third kappa shape index (κ3) is 3.30. The minimum Gasteiger partial charge on any atom is -0.340 e. The molecule has 1 aliphatic rings. The van der Waals surface area contributed by atoms with Crippen molar-refractivity contribution >= 4 is 33.8 Å². The fourth-order valence-electron chi connectivity index (χ4n) is 2.19. The average Bonchev–Trinajstić information content (AvgIpc) is 2.63. The van der Waals surface area contributed by atoms with Crippen LogP contribution in [-0.4, -0.2) is 46.8 Å². The second-order valence-corrected chi connectivity index (χ2v) is 6.64. The van der Waals surface area contributed by atoms with Gasteiger partial charge in [0.15, 0.2) is 0 Å². The lowest BCUT2D eigenvalue weighted by Crippen LogP contribution is -2.43. The minimum atomic E-state index is -0.960. The van der Waals surface area contributed by atoms with Crippen LogP contribution in [0.15, 0.2) is 28.7 Å². The third-order valence-electron chi connectivity index (χ3n) is 3.53. The summed E-state index contributed by atoms with van der Waals surface area (Å²) in [7, 11) is 1.64. The molecule has 1 heterocycles. The van der Waals surface area contributed by atoms with Gasteiger partial charge in [0.05, 0.1) is 0 Å². The molecule has 0 aromatic heterocycles. The number of hydrogen-bond donors (Lipinski definition) is 1. The van der Waals surface area contributed by atoms with Gasteiger partial charge in [0.2, 0.25) is 5.91 Å². The maximum Gasteiger partial charge on any atom is 0.325 e. The van der Waals surface area contributed by atoms with Gasteiger partial charge in [-0.25, -0.2) is 4.79 Å². The molecule has 6 nitrogen and oxygen atoms in total. The summed E-state index contributed by atoms with van der Waals surface area (Å²) in [6, 6.07) is 7.05. The van der Waals surface area contributed by atoms with Crippen LogP contribution in [0.1, 0.15) is 19.4 Å². The highest BCUT2D eigenvalue weighted by molar-refractivity contribution is 9.10. The number of imide groups is 1. The molecular formula is C15H18BrN3O3. The Balaban J connectivity index is 2.02. The second-order valence-electron chi connectivity index (χ2n) is 5.79. The molecule has 0 spiro atoms. The molecule has 118 valence electrons. The van der Waals surface area contributed by atoms with E-state index in [-0.39, 0.29) is 18.4 Å². The van der Waals surface area contributed by atoms with Crippen molar-refractivity contribution in [1.29, 1.82) is 0 Å². The van der Waals surface area contributed by atoms with Gasteiger partial charge in [-0.15, -0.1) is 0 Å². The van der Waals surface area contributed by atoms with Crippen molar-refractivity contribution in [2.24, 2.45) is 0 Å². The van der Waals surface area contributed by atoms with Crippen molar-refractivity contribution in [3.63, 3.8) is 0 Å². The zero-order valence-corrected chi connectivity index (χ0v) is 14.3. The molecular weight excluding hydrogens is 350 g/mol. The molecule has 0 aliphatic carbocycles. The van der Waals surface area contributed by atoms with E-state index in [1.165, 1.54) is 4.90 Å². The molecule has 0 bridgehead atoms. The van der Waals surface area contributed by atoms with Crippen molar-refractivity contribution < 1.29 is 14.4 Å². The van der Waals surface area contributed by atoms with Crippen LogP contribution >= 0.6 is 15.9 Å². The number of nitrogens with one attached hydrogen (secondary N) is 1. The first kappa shape index (κ1) is 16.5. The van der Waals surface area contributed by atoms with Crippen LogP contribution in [-0.2, 0) is 16.1 Å². The Morgan fingerprint density at radius 2 is 1.95 bits per heavy atom. The summed E-state index contributed by atoms with van der Waals surface area (Å²) in [6.07, 6.45) is 0. The molecule has 7 heteroatoms. The van der Waals surface area contributed by atoms with Crippen molar-refractivity contribution in [2.75, 3.05) is 13.6 Å². The quantitative estimate of drug-likeness (QED) is 0.824. The largest absolute Gasteiger partial charge is 0.340 e. The fourth-order valence-corrected chi connectivity index (χ4v) is 2.60. The van der Waals surface area contributed by atoms with Gasteiger partial charge < -0.3 is 10.2 Å². The van der Waals surface area contributed by atoms with Crippen LogP contribution in [0.3, 0.4) is 0 Å². The molecule has 0 unspecified atom stereocenters. The number of halogens is 1. The monoisotopic (exact) mass is 367 g/mol. The number of carbonyl (C=O) groups excluding carboxylic acids is 3. The molecule has 1 saturated heterocycles. The Labute approximate surface area is 137 Å². The van der Waals surface area contributed by atoms with Crippen LogP contribution in [0.2, 0.25) is 0 Å². The third-order valence-corrected chi connectivity index (χ3v) is 4.30. The van der Waals surface area contributed by atoms with Gasteiger partial charge in [-0.05, 0) is 25.5 Å². The number of nitrogens with zero attached hydrogens (tertiary/aromatic N) is 2. The maximum absolute atomic E-state index is 12.3. The van der Waals surface area contributed by atoms with Gasteiger partial charge in [-0.1, -0.05) is 34.1 Å². The molecule has 0 saturated carbocycles. The molecule has 1 aromatic carbocycles. The lowest BCUT2D eigenvalue weighted by Gasteiger charge is -2.21. The highest BCUT2D eigenvalue weighted by Gasteiger charge is 2.45. The van der Waals surface area contributed by atoms with Crippen molar-refractivity contribution in [3.05, 3.63) is 34.3 Å². The standard InChI is InChI=1S/C15H18BrN3O3/c1-15(2)13(21)19(14(22)17-15)9-12(20)18(3)8-10-6-4-5-7-11(10)16/h4-7H,8-9H2,1-3H3,(H,17,22). The second kappa shape index (κ2) is 6.08. The number of hydrogen-bond acceptors (Lipinski definition) is 3. The average molecular weight is 368 g/mol. The van der Waals surface area contributed by atoms with Crippen molar-refractivity contribution in [2.45, 2.75) is 25.9 Å². The van der Waals surface area contributed by atoms with Gasteiger partial charge >= 0.3 is 6.03 Å². The Morgan fingerprint density at radius 3 is 2.50 bits per heavy atom. The van der Waals surface area contributed by atoms with Crippen LogP contribution in [0.5, 0.6) is 0 Å². The number of carbonyl (C=O) groups is 3. The van der Waals surface area contributed by atoms with Crippen LogP contribution < -0.4 is 5.32 Å². The summed E-state index contributed by atoms with van der Waals surface area (Å²) in [5.74, 6) is -0.683. The topological polar surface area (TPSA) is 69.7 Å². The number of urea groups is 1. The van der Waals surface area contributed by atoms with E-state index in [9.17, 15) is 14.4 Å². The van der Waals surface area contributed by atoms with E-state index in [0.29, 0.717) is 6.54 Å². The van der Waals surface area contributed by atoms with E-state index in [1.54, 1.807) is 20.9 Å². The Kier molecular flexibility index (Phi) is 4.55. The maximum atomic E-state index is 12.3. The molecule has 2 rings (SSSR count). The minimum absolute atomic E-state index is 0.255. The number of amides is 4. The Morgan fingerprint density at radius 1 is 1.32 bits per heavy atom. The first-order valence-corrected chi connectivity index (χ1v) is 7.63. The summed E-state index contributed by atoms with van der Waals surface area (Å²) < 4.78 is 0.908.